The number of benzene rings is 2. The zero-order chi connectivity index (χ0) is 17.6. The van der Waals surface area contributed by atoms with Crippen LogP contribution in [0.2, 0.25) is 0 Å². The number of ether oxygens (including phenoxy) is 1. The predicted molar refractivity (Wildman–Crippen MR) is 107 cm³/mol. The molecule has 0 atom stereocenters. The fraction of sp³-hybridized carbons (Fsp3) is 0.333. The van der Waals surface area contributed by atoms with E-state index in [0.717, 1.165) is 66.8 Å². The highest BCUT2D eigenvalue weighted by molar-refractivity contribution is 7.99. The summed E-state index contributed by atoms with van der Waals surface area (Å²) in [5.41, 5.74) is 2.40. The van der Waals surface area contributed by atoms with Gasteiger partial charge in [0, 0.05) is 24.2 Å². The van der Waals surface area contributed by atoms with Gasteiger partial charge < -0.3 is 4.74 Å². The van der Waals surface area contributed by atoms with E-state index in [9.17, 15) is 0 Å². The molecule has 0 radical (unpaired) electrons. The minimum Gasteiger partial charge on any atom is -0.379 e. The second-order valence-electron chi connectivity index (χ2n) is 6.43. The van der Waals surface area contributed by atoms with Crippen LogP contribution in [0.4, 0.5) is 0 Å². The number of aryl methyl sites for hydroxylation is 1. The Morgan fingerprint density at radius 2 is 1.69 bits per heavy atom. The van der Waals surface area contributed by atoms with E-state index < -0.39 is 0 Å². The summed E-state index contributed by atoms with van der Waals surface area (Å²) in [6, 6.07) is 18.9. The van der Waals surface area contributed by atoms with Crippen LogP contribution in [0.5, 0.6) is 0 Å². The van der Waals surface area contributed by atoms with E-state index in [1.54, 1.807) is 0 Å². The molecule has 1 fully saturated rings. The van der Waals surface area contributed by atoms with Crippen molar-refractivity contribution in [3.8, 4) is 0 Å². The number of nitrogens with zero attached hydrogens (tertiary/aromatic N) is 3. The maximum atomic E-state index is 5.44. The Hall–Kier alpha value is -1.95. The minimum atomic E-state index is 0.792. The van der Waals surface area contributed by atoms with Gasteiger partial charge in [-0.05, 0) is 18.1 Å². The summed E-state index contributed by atoms with van der Waals surface area (Å²) in [4.78, 5) is 12.1. The average Bonchev–Trinajstić information content (AvgIpc) is 2.69. The first-order valence-electron chi connectivity index (χ1n) is 9.11. The molecule has 5 heteroatoms. The first kappa shape index (κ1) is 17.5. The molecule has 0 unspecified atom stereocenters. The number of thioether (sulfide) groups is 1. The molecule has 0 amide bonds. The van der Waals surface area contributed by atoms with Crippen LogP contribution in [-0.4, -0.2) is 46.9 Å². The van der Waals surface area contributed by atoms with Crippen LogP contribution in [0.1, 0.15) is 11.4 Å². The van der Waals surface area contributed by atoms with Gasteiger partial charge in [-0.15, -0.1) is 11.8 Å². The van der Waals surface area contributed by atoms with Crippen LogP contribution in [0, 0.1) is 0 Å². The molecule has 134 valence electrons. The molecule has 1 aromatic heterocycles. The van der Waals surface area contributed by atoms with Crippen LogP contribution in [0.25, 0.3) is 10.9 Å². The standard InChI is InChI=1S/C21H23N3OS/c1-2-6-17(7-3-1)10-15-26-21-18-8-4-5-9-19(18)22-20(23-21)16-24-11-13-25-14-12-24/h1-9H,10-16H2. The van der Waals surface area contributed by atoms with Crippen LogP contribution in [0.15, 0.2) is 59.6 Å². The van der Waals surface area contributed by atoms with E-state index in [0.29, 0.717) is 0 Å². The van der Waals surface area contributed by atoms with Gasteiger partial charge in [0.25, 0.3) is 0 Å². The Balaban J connectivity index is 1.51. The average molecular weight is 366 g/mol. The molecular formula is C21H23N3OS. The molecule has 0 aliphatic carbocycles. The van der Waals surface area contributed by atoms with E-state index in [4.69, 9.17) is 14.7 Å². The lowest BCUT2D eigenvalue weighted by Gasteiger charge is -2.25. The van der Waals surface area contributed by atoms with Crippen LogP contribution >= 0.6 is 11.8 Å². The van der Waals surface area contributed by atoms with Gasteiger partial charge in [-0.2, -0.15) is 0 Å². The largest absolute Gasteiger partial charge is 0.379 e. The van der Waals surface area contributed by atoms with Gasteiger partial charge in [0.2, 0.25) is 0 Å². The Bertz CT molecular complexity index is 850. The molecule has 1 aliphatic rings. The molecule has 1 saturated heterocycles. The van der Waals surface area contributed by atoms with Crippen molar-refractivity contribution >= 4 is 22.7 Å². The van der Waals surface area contributed by atoms with Crippen molar-refractivity contribution in [2.75, 3.05) is 32.1 Å². The molecule has 0 bridgehead atoms. The van der Waals surface area contributed by atoms with Crippen molar-refractivity contribution in [3.63, 3.8) is 0 Å². The van der Waals surface area contributed by atoms with Gasteiger partial charge >= 0.3 is 0 Å². The zero-order valence-corrected chi connectivity index (χ0v) is 15.6. The summed E-state index contributed by atoms with van der Waals surface area (Å²) in [5.74, 6) is 1.93. The van der Waals surface area contributed by atoms with Crippen molar-refractivity contribution in [1.29, 1.82) is 0 Å². The molecule has 26 heavy (non-hydrogen) atoms. The molecule has 4 rings (SSSR count). The Labute approximate surface area is 158 Å². The molecule has 2 heterocycles. The Morgan fingerprint density at radius 3 is 2.54 bits per heavy atom. The smallest absolute Gasteiger partial charge is 0.144 e. The van der Waals surface area contributed by atoms with Crippen LogP contribution < -0.4 is 0 Å². The third-order valence-electron chi connectivity index (χ3n) is 4.56. The first-order chi connectivity index (χ1) is 12.9. The Kier molecular flexibility index (Phi) is 5.79. The van der Waals surface area contributed by atoms with E-state index in [2.05, 4.69) is 53.4 Å². The molecule has 1 aliphatic heterocycles. The molecule has 2 aromatic carbocycles. The van der Waals surface area contributed by atoms with E-state index in [1.165, 1.54) is 5.56 Å². The predicted octanol–water partition coefficient (Wildman–Crippen LogP) is 3.80. The number of hydrogen-bond donors (Lipinski definition) is 0. The van der Waals surface area contributed by atoms with E-state index in [-0.39, 0.29) is 0 Å². The molecular weight excluding hydrogens is 342 g/mol. The summed E-state index contributed by atoms with van der Waals surface area (Å²) >= 11 is 1.83. The molecule has 3 aromatic rings. The highest BCUT2D eigenvalue weighted by Crippen LogP contribution is 2.26. The number of aromatic nitrogens is 2. The lowest BCUT2D eigenvalue weighted by Crippen LogP contribution is -2.36. The summed E-state index contributed by atoms with van der Waals surface area (Å²) in [6.07, 6.45) is 1.04. The minimum absolute atomic E-state index is 0.792. The van der Waals surface area contributed by atoms with Crippen molar-refractivity contribution in [1.82, 2.24) is 14.9 Å². The SMILES string of the molecule is c1ccc(CCSc2nc(CN3CCOCC3)nc3ccccc23)cc1. The van der Waals surface area contributed by atoms with Crippen molar-refractivity contribution in [3.05, 3.63) is 66.0 Å². The first-order valence-corrected chi connectivity index (χ1v) is 10.1. The van der Waals surface area contributed by atoms with Gasteiger partial charge in [0.15, 0.2) is 0 Å². The zero-order valence-electron chi connectivity index (χ0n) is 14.8. The van der Waals surface area contributed by atoms with Crippen LogP contribution in [0.3, 0.4) is 0 Å². The quantitative estimate of drug-likeness (QED) is 0.491. The lowest BCUT2D eigenvalue weighted by atomic mass is 10.2. The maximum Gasteiger partial charge on any atom is 0.144 e. The fourth-order valence-corrected chi connectivity index (χ4v) is 4.17. The summed E-state index contributed by atoms with van der Waals surface area (Å²) < 4.78 is 5.44. The molecule has 0 saturated carbocycles. The van der Waals surface area contributed by atoms with Gasteiger partial charge in [0.05, 0.1) is 25.3 Å². The third kappa shape index (κ3) is 4.41. The van der Waals surface area contributed by atoms with Crippen LogP contribution in [-0.2, 0) is 17.7 Å². The van der Waals surface area contributed by atoms with E-state index in [1.807, 2.05) is 17.8 Å². The second-order valence-corrected chi connectivity index (χ2v) is 7.52. The van der Waals surface area contributed by atoms with Gasteiger partial charge in [-0.1, -0.05) is 48.5 Å². The van der Waals surface area contributed by atoms with Crippen molar-refractivity contribution in [2.24, 2.45) is 0 Å². The van der Waals surface area contributed by atoms with Crippen molar-refractivity contribution < 1.29 is 4.74 Å². The number of para-hydroxylation sites is 1. The lowest BCUT2D eigenvalue weighted by molar-refractivity contribution is 0.0330. The molecule has 0 spiro atoms. The maximum absolute atomic E-state index is 5.44. The number of hydrogen-bond acceptors (Lipinski definition) is 5. The number of morpholine rings is 1. The van der Waals surface area contributed by atoms with Crippen molar-refractivity contribution in [2.45, 2.75) is 18.0 Å². The molecule has 4 nitrogen and oxygen atoms in total. The highest BCUT2D eigenvalue weighted by atomic mass is 32.2. The van der Waals surface area contributed by atoms with Gasteiger partial charge in [-0.25, -0.2) is 9.97 Å². The number of rotatable bonds is 6. The molecule has 0 N–H and O–H groups in total. The number of fused-ring (bicyclic) bond motifs is 1. The van der Waals surface area contributed by atoms with E-state index >= 15 is 0 Å². The highest BCUT2D eigenvalue weighted by Gasteiger charge is 2.14. The normalized spacial score (nSPS) is 15.4. The Morgan fingerprint density at radius 1 is 0.923 bits per heavy atom. The summed E-state index contributed by atoms with van der Waals surface area (Å²) in [7, 11) is 0. The topological polar surface area (TPSA) is 38.2 Å². The monoisotopic (exact) mass is 365 g/mol. The fourth-order valence-electron chi connectivity index (χ4n) is 3.14. The second kappa shape index (κ2) is 8.62. The summed E-state index contributed by atoms with van der Waals surface area (Å²) in [5, 5.41) is 2.24. The van der Waals surface area contributed by atoms with Gasteiger partial charge in [-0.3, -0.25) is 4.90 Å². The summed E-state index contributed by atoms with van der Waals surface area (Å²) in [6.45, 7) is 4.29. The van der Waals surface area contributed by atoms with Gasteiger partial charge in [0.1, 0.15) is 10.9 Å². The third-order valence-corrected chi connectivity index (χ3v) is 5.55.